The van der Waals surface area contributed by atoms with Crippen LogP contribution in [0.2, 0.25) is 0 Å². The summed E-state index contributed by atoms with van der Waals surface area (Å²) in [7, 11) is 3.19. The van der Waals surface area contributed by atoms with Crippen molar-refractivity contribution in [2.24, 2.45) is 5.92 Å². The van der Waals surface area contributed by atoms with Gasteiger partial charge in [-0.15, -0.1) is 0 Å². The molecule has 1 atom stereocenters. The number of carbonyl (C=O) groups is 1. The van der Waals surface area contributed by atoms with Crippen LogP contribution in [0.1, 0.15) is 25.3 Å². The van der Waals surface area contributed by atoms with Crippen LogP contribution < -0.4 is 25.2 Å². The smallest absolute Gasteiger partial charge is 0.295 e. The number of pyridine rings is 1. The van der Waals surface area contributed by atoms with Crippen molar-refractivity contribution < 1.29 is 14.3 Å². The number of nitrogens with zero attached hydrogens (tertiary/aromatic N) is 4. The minimum Gasteiger partial charge on any atom is -0.497 e. The Kier molecular flexibility index (Phi) is 6.76. The van der Waals surface area contributed by atoms with E-state index in [4.69, 9.17) is 9.47 Å². The summed E-state index contributed by atoms with van der Waals surface area (Å²) in [5.74, 6) is 1.46. The predicted octanol–water partition coefficient (Wildman–Crippen LogP) is 2.36. The average molecular weight is 452 g/mol. The molecule has 3 aromatic rings. The summed E-state index contributed by atoms with van der Waals surface area (Å²) in [6, 6.07) is 9.18. The van der Waals surface area contributed by atoms with E-state index in [1.807, 2.05) is 36.1 Å². The number of aryl methyl sites for hydroxylation is 1. The van der Waals surface area contributed by atoms with Crippen LogP contribution in [-0.4, -0.2) is 47.8 Å². The van der Waals surface area contributed by atoms with Crippen molar-refractivity contribution in [3.8, 4) is 11.5 Å². The number of carbonyl (C=O) groups excluding carboxylic acids is 1. The van der Waals surface area contributed by atoms with Gasteiger partial charge in [0.15, 0.2) is 11.5 Å². The SMILES string of the molecule is CCn1c(=O)c(N2CCC[C@H](C(=O)NCc3ccc(OC)cc3OC)C2)nc2cccnc21. The summed E-state index contributed by atoms with van der Waals surface area (Å²) < 4.78 is 12.3. The number of nitrogens with one attached hydrogen (secondary N) is 1. The molecule has 2 aromatic heterocycles. The van der Waals surface area contributed by atoms with Crippen LogP contribution in [-0.2, 0) is 17.9 Å². The molecule has 0 spiro atoms. The summed E-state index contributed by atoms with van der Waals surface area (Å²) in [6.45, 7) is 3.91. The highest BCUT2D eigenvalue weighted by Crippen LogP contribution is 2.25. The maximum absolute atomic E-state index is 13.1. The van der Waals surface area contributed by atoms with Crippen molar-refractivity contribution in [2.75, 3.05) is 32.2 Å². The highest BCUT2D eigenvalue weighted by atomic mass is 16.5. The third-order valence-corrected chi connectivity index (χ3v) is 6.04. The summed E-state index contributed by atoms with van der Waals surface area (Å²) in [5.41, 5.74) is 1.95. The number of methoxy groups -OCH3 is 2. The predicted molar refractivity (Wildman–Crippen MR) is 126 cm³/mol. The lowest BCUT2D eigenvalue weighted by Crippen LogP contribution is -2.45. The van der Waals surface area contributed by atoms with E-state index >= 15 is 0 Å². The van der Waals surface area contributed by atoms with E-state index in [9.17, 15) is 9.59 Å². The molecular formula is C24H29N5O4. The third kappa shape index (κ3) is 4.62. The number of fused-ring (bicyclic) bond motifs is 1. The fraction of sp³-hybridized carbons (Fsp3) is 0.417. The molecule has 4 rings (SSSR count). The summed E-state index contributed by atoms with van der Waals surface area (Å²) >= 11 is 0. The number of benzene rings is 1. The standard InChI is InChI=1S/C24H29N5O4/c1-4-29-21-19(8-5-11-25-21)27-22(24(29)31)28-12-6-7-17(15-28)23(30)26-14-16-9-10-18(32-2)13-20(16)33-3/h5,8-11,13,17H,4,6-7,12,14-15H2,1-3H3,(H,26,30)/t17-/m0/s1. The Morgan fingerprint density at radius 3 is 2.85 bits per heavy atom. The number of amides is 1. The average Bonchev–Trinajstić information content (AvgIpc) is 2.86. The van der Waals surface area contributed by atoms with Crippen molar-refractivity contribution >= 4 is 22.9 Å². The van der Waals surface area contributed by atoms with E-state index in [0.29, 0.717) is 54.7 Å². The van der Waals surface area contributed by atoms with Gasteiger partial charge < -0.3 is 19.7 Å². The fourth-order valence-electron chi connectivity index (χ4n) is 4.27. The molecule has 1 N–H and O–H groups in total. The number of hydrogen-bond donors (Lipinski definition) is 1. The molecule has 1 amide bonds. The Bertz CT molecular complexity index is 1210. The van der Waals surface area contributed by atoms with Gasteiger partial charge in [0.05, 0.1) is 20.1 Å². The van der Waals surface area contributed by atoms with Gasteiger partial charge in [-0.2, -0.15) is 0 Å². The van der Waals surface area contributed by atoms with Gasteiger partial charge in [0.2, 0.25) is 5.91 Å². The van der Waals surface area contributed by atoms with Gasteiger partial charge in [0.25, 0.3) is 5.56 Å². The van der Waals surface area contributed by atoms with E-state index in [-0.39, 0.29) is 17.4 Å². The van der Waals surface area contributed by atoms with Crippen LogP contribution in [0.4, 0.5) is 5.82 Å². The van der Waals surface area contributed by atoms with E-state index in [1.165, 1.54) is 0 Å². The van der Waals surface area contributed by atoms with Crippen molar-refractivity contribution in [3.05, 3.63) is 52.4 Å². The van der Waals surface area contributed by atoms with Crippen molar-refractivity contribution in [3.63, 3.8) is 0 Å². The minimum absolute atomic E-state index is 0.0455. The lowest BCUT2D eigenvalue weighted by Gasteiger charge is -2.32. The Morgan fingerprint density at radius 1 is 1.24 bits per heavy atom. The number of ether oxygens (including phenoxy) is 2. The van der Waals surface area contributed by atoms with Crippen LogP contribution in [0.3, 0.4) is 0 Å². The van der Waals surface area contributed by atoms with E-state index in [1.54, 1.807) is 31.0 Å². The number of hydrogen-bond acceptors (Lipinski definition) is 7. The first kappa shape index (κ1) is 22.6. The summed E-state index contributed by atoms with van der Waals surface area (Å²) in [4.78, 5) is 36.9. The molecule has 174 valence electrons. The molecule has 3 heterocycles. The molecule has 1 aliphatic rings. The van der Waals surface area contributed by atoms with Crippen molar-refractivity contribution in [2.45, 2.75) is 32.9 Å². The van der Waals surface area contributed by atoms with Crippen molar-refractivity contribution in [1.82, 2.24) is 19.9 Å². The van der Waals surface area contributed by atoms with Crippen molar-refractivity contribution in [1.29, 1.82) is 0 Å². The molecule has 0 saturated carbocycles. The minimum atomic E-state index is -0.233. The normalized spacial score (nSPS) is 16.0. The molecule has 0 aliphatic carbocycles. The zero-order valence-electron chi connectivity index (χ0n) is 19.2. The molecule has 0 unspecified atom stereocenters. The molecule has 33 heavy (non-hydrogen) atoms. The van der Waals surface area contributed by atoms with Crippen LogP contribution in [0.25, 0.3) is 11.2 Å². The Hall–Kier alpha value is -3.62. The monoisotopic (exact) mass is 451 g/mol. The van der Waals surface area contributed by atoms with Gasteiger partial charge in [-0.1, -0.05) is 0 Å². The quantitative estimate of drug-likeness (QED) is 0.589. The van der Waals surface area contributed by atoms with Crippen LogP contribution >= 0.6 is 0 Å². The maximum Gasteiger partial charge on any atom is 0.295 e. The van der Waals surface area contributed by atoms with Crippen LogP contribution in [0.15, 0.2) is 41.3 Å². The Morgan fingerprint density at radius 2 is 2.09 bits per heavy atom. The Labute approximate surface area is 192 Å². The van der Waals surface area contributed by atoms with Gasteiger partial charge in [-0.25, -0.2) is 9.97 Å². The van der Waals surface area contributed by atoms with Crippen LogP contribution in [0.5, 0.6) is 11.5 Å². The lowest BCUT2D eigenvalue weighted by molar-refractivity contribution is -0.125. The highest BCUT2D eigenvalue weighted by Gasteiger charge is 2.28. The van der Waals surface area contributed by atoms with E-state index in [0.717, 1.165) is 18.4 Å². The molecule has 1 aromatic carbocycles. The van der Waals surface area contributed by atoms with Gasteiger partial charge in [0.1, 0.15) is 17.0 Å². The summed E-state index contributed by atoms with van der Waals surface area (Å²) in [6.07, 6.45) is 3.23. The van der Waals surface area contributed by atoms with Gasteiger partial charge in [0, 0.05) is 44.0 Å². The zero-order chi connectivity index (χ0) is 23.4. The molecule has 0 bridgehead atoms. The second-order valence-electron chi connectivity index (χ2n) is 8.01. The summed E-state index contributed by atoms with van der Waals surface area (Å²) in [5, 5.41) is 3.02. The largest absolute Gasteiger partial charge is 0.497 e. The first-order valence-electron chi connectivity index (χ1n) is 11.1. The second-order valence-corrected chi connectivity index (χ2v) is 8.01. The molecule has 1 aliphatic heterocycles. The topological polar surface area (TPSA) is 98.6 Å². The molecule has 0 radical (unpaired) electrons. The van der Waals surface area contributed by atoms with Gasteiger partial charge in [-0.05, 0) is 44.0 Å². The highest BCUT2D eigenvalue weighted by molar-refractivity contribution is 5.80. The lowest BCUT2D eigenvalue weighted by atomic mass is 9.97. The molecule has 1 fully saturated rings. The number of anilines is 1. The van der Waals surface area contributed by atoms with Crippen LogP contribution in [0, 0.1) is 5.92 Å². The third-order valence-electron chi connectivity index (χ3n) is 6.04. The fourth-order valence-corrected chi connectivity index (χ4v) is 4.27. The van der Waals surface area contributed by atoms with E-state index < -0.39 is 0 Å². The molecule has 9 nitrogen and oxygen atoms in total. The van der Waals surface area contributed by atoms with Gasteiger partial charge in [-0.3, -0.25) is 14.2 Å². The maximum atomic E-state index is 13.1. The molecular weight excluding hydrogens is 422 g/mol. The number of rotatable bonds is 7. The number of piperidine rings is 1. The first-order chi connectivity index (χ1) is 16.0. The zero-order valence-corrected chi connectivity index (χ0v) is 19.2. The second kappa shape index (κ2) is 9.89. The van der Waals surface area contributed by atoms with Gasteiger partial charge >= 0.3 is 0 Å². The number of aromatic nitrogens is 3. The van der Waals surface area contributed by atoms with E-state index in [2.05, 4.69) is 15.3 Å². The molecule has 9 heteroatoms. The first-order valence-corrected chi connectivity index (χ1v) is 11.1. The Balaban J connectivity index is 1.50. The molecule has 1 saturated heterocycles.